The first kappa shape index (κ1) is 40.7. The molecule has 0 radical (unpaired) electrons. The fourth-order valence-electron chi connectivity index (χ4n) is 9.36. The van der Waals surface area contributed by atoms with Gasteiger partial charge in [-0.05, 0) is 87.3 Å². The molecule has 9 aromatic carbocycles. The molecule has 0 aliphatic rings. The average molecular weight is 893 g/mol. The quantitative estimate of drug-likeness (QED) is 0.151. The molecule has 0 amide bonds. The summed E-state index contributed by atoms with van der Waals surface area (Å²) < 4.78 is 0. The first-order chi connectivity index (χ1) is 34.6. The van der Waals surface area contributed by atoms with Crippen LogP contribution in [0.4, 0.5) is 0 Å². The lowest BCUT2D eigenvalue weighted by Gasteiger charge is -2.13. The smallest absolute Gasteiger partial charge is 0.160 e. The van der Waals surface area contributed by atoms with Crippen LogP contribution in [0.3, 0.4) is 0 Å². The summed E-state index contributed by atoms with van der Waals surface area (Å²) in [5, 5.41) is 6.87. The summed E-state index contributed by atoms with van der Waals surface area (Å²) in [5.41, 5.74) is 15.3. The molecule has 4 heterocycles. The van der Waals surface area contributed by atoms with Crippen molar-refractivity contribution in [2.24, 2.45) is 0 Å². The van der Waals surface area contributed by atoms with Gasteiger partial charge in [0.15, 0.2) is 11.6 Å². The third-order valence-corrected chi connectivity index (χ3v) is 13.1. The van der Waals surface area contributed by atoms with Crippen LogP contribution in [-0.2, 0) is 0 Å². The van der Waals surface area contributed by atoms with Gasteiger partial charge in [0.05, 0.1) is 33.8 Å². The van der Waals surface area contributed by atoms with E-state index in [0.29, 0.717) is 11.6 Å². The van der Waals surface area contributed by atoms with Crippen LogP contribution in [0.15, 0.2) is 243 Å². The number of hydrogen-bond donors (Lipinski definition) is 0. The minimum absolute atomic E-state index is 0.639. The van der Waals surface area contributed by atoms with Gasteiger partial charge in [-0.25, -0.2) is 19.9 Å². The summed E-state index contributed by atoms with van der Waals surface area (Å²) >= 11 is 0. The van der Waals surface area contributed by atoms with Gasteiger partial charge >= 0.3 is 0 Å². The largest absolute Gasteiger partial charge is 0.256 e. The highest BCUT2D eigenvalue weighted by atomic mass is 14.9. The van der Waals surface area contributed by atoms with Crippen LogP contribution < -0.4 is 0 Å². The Morgan fingerprint density at radius 1 is 0.200 bits per heavy atom. The minimum atomic E-state index is 0.639. The molecule has 0 atom stereocenters. The molecule has 326 valence electrons. The van der Waals surface area contributed by atoms with Crippen molar-refractivity contribution in [3.8, 4) is 90.1 Å². The van der Waals surface area contributed by atoms with E-state index in [1.807, 2.05) is 48.8 Å². The molecule has 6 heteroatoms. The summed E-state index contributed by atoms with van der Waals surface area (Å²) in [6.07, 6.45) is 3.87. The van der Waals surface area contributed by atoms with Crippen LogP contribution in [0.5, 0.6) is 0 Å². The summed E-state index contributed by atoms with van der Waals surface area (Å²) in [7, 11) is 0. The van der Waals surface area contributed by atoms with Crippen LogP contribution in [-0.4, -0.2) is 29.9 Å². The molecule has 13 rings (SSSR count). The monoisotopic (exact) mass is 892 g/mol. The Balaban J connectivity index is 0.911. The Labute approximate surface area is 404 Å². The Hall–Kier alpha value is -9.52. The molecule has 0 bridgehead atoms. The van der Waals surface area contributed by atoms with Gasteiger partial charge in [0.1, 0.15) is 0 Å². The van der Waals surface area contributed by atoms with Crippen molar-refractivity contribution < 1.29 is 0 Å². The number of para-hydroxylation sites is 2. The number of rotatable bonds is 8. The number of fused-ring (bicyclic) bond motifs is 4. The van der Waals surface area contributed by atoms with E-state index in [1.54, 1.807) is 0 Å². The van der Waals surface area contributed by atoms with E-state index in [0.717, 1.165) is 111 Å². The van der Waals surface area contributed by atoms with Crippen molar-refractivity contribution in [3.63, 3.8) is 0 Å². The molecule has 0 saturated carbocycles. The number of pyridine rings is 2. The zero-order chi connectivity index (χ0) is 46.4. The van der Waals surface area contributed by atoms with E-state index < -0.39 is 0 Å². The van der Waals surface area contributed by atoms with Crippen molar-refractivity contribution >= 4 is 43.4 Å². The van der Waals surface area contributed by atoms with E-state index in [-0.39, 0.29) is 0 Å². The Kier molecular flexibility index (Phi) is 10.1. The van der Waals surface area contributed by atoms with E-state index in [1.165, 1.54) is 10.8 Å². The Morgan fingerprint density at radius 2 is 0.529 bits per heavy atom. The first-order valence-corrected chi connectivity index (χ1v) is 23.4. The van der Waals surface area contributed by atoms with Crippen LogP contribution in [0.25, 0.3) is 133 Å². The van der Waals surface area contributed by atoms with Crippen molar-refractivity contribution in [2.75, 3.05) is 0 Å². The van der Waals surface area contributed by atoms with Gasteiger partial charge in [-0.1, -0.05) is 176 Å². The molecule has 0 saturated heterocycles. The first-order valence-electron chi connectivity index (χ1n) is 23.4. The fraction of sp³-hybridized carbons (Fsp3) is 0. The van der Waals surface area contributed by atoms with Crippen molar-refractivity contribution in [1.29, 1.82) is 0 Å². The van der Waals surface area contributed by atoms with Crippen LogP contribution >= 0.6 is 0 Å². The van der Waals surface area contributed by atoms with E-state index in [9.17, 15) is 0 Å². The molecule has 0 aliphatic carbocycles. The lowest BCUT2D eigenvalue weighted by molar-refractivity contribution is 1.18. The lowest BCUT2D eigenvalue weighted by Crippen LogP contribution is -1.98. The maximum atomic E-state index is 5.29. The van der Waals surface area contributed by atoms with Gasteiger partial charge in [0.2, 0.25) is 0 Å². The molecular weight excluding hydrogens is 853 g/mol. The van der Waals surface area contributed by atoms with Gasteiger partial charge in [-0.2, -0.15) is 0 Å². The van der Waals surface area contributed by atoms with Gasteiger partial charge in [-0.15, -0.1) is 0 Å². The van der Waals surface area contributed by atoms with E-state index >= 15 is 0 Å². The second-order valence-electron chi connectivity index (χ2n) is 17.6. The topological polar surface area (TPSA) is 77.3 Å². The predicted octanol–water partition coefficient (Wildman–Crippen LogP) is 16.0. The summed E-state index contributed by atoms with van der Waals surface area (Å²) in [6, 6.07) is 80.2. The zero-order valence-electron chi connectivity index (χ0n) is 37.8. The minimum Gasteiger partial charge on any atom is -0.256 e. The van der Waals surface area contributed by atoms with Crippen molar-refractivity contribution in [2.45, 2.75) is 0 Å². The Morgan fingerprint density at radius 3 is 0.957 bits per heavy atom. The van der Waals surface area contributed by atoms with Gasteiger partial charge < -0.3 is 0 Å². The predicted molar refractivity (Wildman–Crippen MR) is 287 cm³/mol. The maximum Gasteiger partial charge on any atom is 0.160 e. The van der Waals surface area contributed by atoms with Crippen molar-refractivity contribution in [1.82, 2.24) is 29.9 Å². The molecule has 0 unspecified atom stereocenters. The molecule has 0 fully saturated rings. The van der Waals surface area contributed by atoms with Crippen LogP contribution in [0.1, 0.15) is 0 Å². The molecular formula is C64H40N6. The highest BCUT2D eigenvalue weighted by Crippen LogP contribution is 2.35. The molecule has 0 aliphatic heterocycles. The number of hydrogen-bond acceptors (Lipinski definition) is 6. The maximum absolute atomic E-state index is 5.29. The fourth-order valence-corrected chi connectivity index (χ4v) is 9.36. The summed E-state index contributed by atoms with van der Waals surface area (Å²) in [5.74, 6) is 1.28. The molecule has 13 aromatic rings. The normalized spacial score (nSPS) is 11.4. The molecule has 0 N–H and O–H groups in total. The van der Waals surface area contributed by atoms with Gasteiger partial charge in [-0.3, -0.25) is 9.97 Å². The van der Waals surface area contributed by atoms with Gasteiger partial charge in [0, 0.05) is 67.7 Å². The summed E-state index contributed by atoms with van der Waals surface area (Å²) in [6.45, 7) is 0. The molecule has 4 aromatic heterocycles. The molecule has 70 heavy (non-hydrogen) atoms. The third kappa shape index (κ3) is 7.89. The number of nitrogens with zero attached hydrogens (tertiary/aromatic N) is 6. The van der Waals surface area contributed by atoms with Gasteiger partial charge in [0.25, 0.3) is 0 Å². The lowest BCUT2D eigenvalue weighted by atomic mass is 10.00. The van der Waals surface area contributed by atoms with Crippen molar-refractivity contribution in [3.05, 3.63) is 243 Å². The van der Waals surface area contributed by atoms with E-state index in [4.69, 9.17) is 29.9 Å². The molecule has 0 spiro atoms. The molecule has 6 nitrogen and oxygen atoms in total. The Bertz CT molecular complexity index is 3860. The SMILES string of the molecule is c1cc(-c2cc(-c3ccc4ccccc4c3)nc(-c3ccc(-c4cnc5ccccc5c4)cc3)n2)cc(-c2cc(-c3ccc4ccccc4c3)nc(-c3ccc(-c4cnc5ccccc5c4)cc3)n2)c1. The third-order valence-electron chi connectivity index (χ3n) is 13.1. The second-order valence-corrected chi connectivity index (χ2v) is 17.6. The highest BCUT2D eigenvalue weighted by molar-refractivity contribution is 5.90. The average Bonchev–Trinajstić information content (AvgIpc) is 3.44. The standard InChI is InChI=1S/C64H40N6/c1-3-12-47-32-53(30-24-41(47)10-1)61-37-59(67-63(69-61)45-26-20-43(21-27-45)55-35-49-14-5-7-18-57(49)65-39-55)51-16-9-17-52(34-51)60-38-62(54-31-25-42-11-2-4-13-48(42)33-54)70-64(68-60)46-28-22-44(23-29-46)56-36-50-15-6-8-19-58(50)66-40-56/h1-40H. The summed E-state index contributed by atoms with van der Waals surface area (Å²) in [4.78, 5) is 30.5. The number of aromatic nitrogens is 6. The van der Waals surface area contributed by atoms with Crippen LogP contribution in [0.2, 0.25) is 0 Å². The zero-order valence-corrected chi connectivity index (χ0v) is 37.8. The second kappa shape index (κ2) is 17.3. The van der Waals surface area contributed by atoms with Crippen LogP contribution in [0, 0.1) is 0 Å². The van der Waals surface area contributed by atoms with E-state index in [2.05, 4.69) is 194 Å². The highest BCUT2D eigenvalue weighted by Gasteiger charge is 2.16. The number of benzene rings is 9.